The standard InChI is InChI=1S/C15H22N2O2/c1-19-14-4-2-3-11(5-14)15(18)10-17-8-12-6-16-7-13(12)9-17/h2-5,12-13,15-16,18H,6-10H2,1H3/t12-,13+,15?. The van der Waals surface area contributed by atoms with Gasteiger partial charge in [0.1, 0.15) is 5.75 Å². The highest BCUT2D eigenvalue weighted by Gasteiger charge is 2.36. The number of hydrogen-bond donors (Lipinski definition) is 2. The molecule has 2 aliphatic rings. The summed E-state index contributed by atoms with van der Waals surface area (Å²) >= 11 is 0. The molecule has 4 nitrogen and oxygen atoms in total. The van der Waals surface area contributed by atoms with Gasteiger partial charge in [-0.2, -0.15) is 0 Å². The van der Waals surface area contributed by atoms with Crippen LogP contribution in [0.4, 0.5) is 0 Å². The monoisotopic (exact) mass is 262 g/mol. The molecule has 2 saturated heterocycles. The molecule has 104 valence electrons. The number of nitrogens with one attached hydrogen (secondary N) is 1. The zero-order valence-electron chi connectivity index (χ0n) is 11.4. The number of methoxy groups -OCH3 is 1. The molecule has 0 spiro atoms. The lowest BCUT2D eigenvalue weighted by Gasteiger charge is -2.21. The lowest BCUT2D eigenvalue weighted by Crippen LogP contribution is -2.29. The fraction of sp³-hybridized carbons (Fsp3) is 0.600. The van der Waals surface area contributed by atoms with Crippen LogP contribution in [0.5, 0.6) is 5.75 Å². The van der Waals surface area contributed by atoms with Crippen molar-refractivity contribution in [3.8, 4) is 5.75 Å². The number of rotatable bonds is 4. The zero-order chi connectivity index (χ0) is 13.2. The van der Waals surface area contributed by atoms with Crippen LogP contribution in [0.25, 0.3) is 0 Å². The van der Waals surface area contributed by atoms with Crippen molar-refractivity contribution >= 4 is 0 Å². The van der Waals surface area contributed by atoms with E-state index in [-0.39, 0.29) is 0 Å². The number of nitrogens with zero attached hydrogens (tertiary/aromatic N) is 1. The average Bonchev–Trinajstić information content (AvgIpc) is 2.99. The van der Waals surface area contributed by atoms with Gasteiger partial charge in [-0.25, -0.2) is 0 Å². The van der Waals surface area contributed by atoms with Crippen LogP contribution in [0.15, 0.2) is 24.3 Å². The van der Waals surface area contributed by atoms with E-state index in [2.05, 4.69) is 10.2 Å². The molecule has 0 saturated carbocycles. The third-order valence-electron chi connectivity index (χ3n) is 4.37. The molecule has 2 heterocycles. The molecular weight excluding hydrogens is 240 g/mol. The van der Waals surface area contributed by atoms with Crippen LogP contribution < -0.4 is 10.1 Å². The molecule has 0 aromatic heterocycles. The van der Waals surface area contributed by atoms with Gasteiger partial charge < -0.3 is 15.2 Å². The van der Waals surface area contributed by atoms with Gasteiger partial charge in [0.15, 0.2) is 0 Å². The number of aliphatic hydroxyl groups excluding tert-OH is 1. The predicted octanol–water partition coefficient (Wildman–Crippen LogP) is 0.880. The Morgan fingerprint density at radius 3 is 2.79 bits per heavy atom. The first-order chi connectivity index (χ1) is 9.26. The number of ether oxygens (including phenoxy) is 1. The fourth-order valence-corrected chi connectivity index (χ4v) is 3.30. The predicted molar refractivity (Wildman–Crippen MR) is 74.2 cm³/mol. The summed E-state index contributed by atoms with van der Waals surface area (Å²) in [4.78, 5) is 2.39. The van der Waals surface area contributed by atoms with Crippen LogP contribution in [0.1, 0.15) is 11.7 Å². The van der Waals surface area contributed by atoms with Gasteiger partial charge in [0, 0.05) is 19.6 Å². The minimum atomic E-state index is -0.429. The van der Waals surface area contributed by atoms with Crippen LogP contribution in [-0.2, 0) is 0 Å². The van der Waals surface area contributed by atoms with Crippen molar-refractivity contribution in [1.29, 1.82) is 0 Å². The highest BCUT2D eigenvalue weighted by atomic mass is 16.5. The molecule has 4 heteroatoms. The minimum absolute atomic E-state index is 0.429. The van der Waals surface area contributed by atoms with E-state index in [9.17, 15) is 5.11 Å². The number of likely N-dealkylation sites (tertiary alicyclic amines) is 1. The molecule has 2 fully saturated rings. The maximum Gasteiger partial charge on any atom is 0.119 e. The Morgan fingerprint density at radius 2 is 2.11 bits per heavy atom. The summed E-state index contributed by atoms with van der Waals surface area (Å²) in [6, 6.07) is 7.72. The molecule has 3 rings (SSSR count). The largest absolute Gasteiger partial charge is 0.497 e. The Morgan fingerprint density at radius 1 is 1.37 bits per heavy atom. The van der Waals surface area contributed by atoms with Gasteiger partial charge in [-0.1, -0.05) is 12.1 Å². The number of aliphatic hydroxyl groups is 1. The average molecular weight is 262 g/mol. The summed E-state index contributed by atoms with van der Waals surface area (Å²) < 4.78 is 5.20. The van der Waals surface area contributed by atoms with Gasteiger partial charge in [-0.05, 0) is 42.6 Å². The first kappa shape index (κ1) is 12.9. The summed E-state index contributed by atoms with van der Waals surface area (Å²) in [5, 5.41) is 13.8. The van der Waals surface area contributed by atoms with Crippen LogP contribution in [-0.4, -0.2) is 49.8 Å². The Balaban J connectivity index is 1.60. The summed E-state index contributed by atoms with van der Waals surface area (Å²) in [6.45, 7) is 5.21. The smallest absolute Gasteiger partial charge is 0.119 e. The molecular formula is C15H22N2O2. The van der Waals surface area contributed by atoms with Gasteiger partial charge >= 0.3 is 0 Å². The molecule has 0 radical (unpaired) electrons. The van der Waals surface area contributed by atoms with E-state index in [0.717, 1.165) is 55.9 Å². The van der Waals surface area contributed by atoms with E-state index < -0.39 is 6.10 Å². The third-order valence-corrected chi connectivity index (χ3v) is 4.37. The molecule has 1 unspecified atom stereocenters. The molecule has 0 amide bonds. The van der Waals surface area contributed by atoms with Gasteiger partial charge in [0.05, 0.1) is 13.2 Å². The molecule has 2 aliphatic heterocycles. The Hall–Kier alpha value is -1.10. The molecule has 2 N–H and O–H groups in total. The van der Waals surface area contributed by atoms with Crippen molar-refractivity contribution in [3.63, 3.8) is 0 Å². The second-order valence-corrected chi connectivity index (χ2v) is 5.69. The SMILES string of the molecule is COc1cccc(C(O)CN2C[C@H]3CNC[C@H]3C2)c1. The van der Waals surface area contributed by atoms with E-state index in [0.29, 0.717) is 0 Å². The minimum Gasteiger partial charge on any atom is -0.497 e. The molecule has 1 aromatic carbocycles. The highest BCUT2D eigenvalue weighted by molar-refractivity contribution is 5.29. The number of fused-ring (bicyclic) bond motifs is 1. The van der Waals surface area contributed by atoms with E-state index in [1.54, 1.807) is 7.11 Å². The van der Waals surface area contributed by atoms with Crippen molar-refractivity contribution in [1.82, 2.24) is 10.2 Å². The van der Waals surface area contributed by atoms with Crippen molar-refractivity contribution in [2.24, 2.45) is 11.8 Å². The van der Waals surface area contributed by atoms with E-state index >= 15 is 0 Å². The Kier molecular flexibility index (Phi) is 3.73. The highest BCUT2D eigenvalue weighted by Crippen LogP contribution is 2.28. The topological polar surface area (TPSA) is 44.7 Å². The van der Waals surface area contributed by atoms with E-state index in [1.807, 2.05) is 24.3 Å². The Bertz CT molecular complexity index is 426. The van der Waals surface area contributed by atoms with Crippen LogP contribution >= 0.6 is 0 Å². The fourth-order valence-electron chi connectivity index (χ4n) is 3.30. The quantitative estimate of drug-likeness (QED) is 0.845. The number of hydrogen-bond acceptors (Lipinski definition) is 4. The lowest BCUT2D eigenvalue weighted by atomic mass is 10.0. The van der Waals surface area contributed by atoms with Crippen molar-refractivity contribution < 1.29 is 9.84 Å². The summed E-state index contributed by atoms with van der Waals surface area (Å²) in [5.41, 5.74) is 0.939. The summed E-state index contributed by atoms with van der Waals surface area (Å²) in [5.74, 6) is 2.36. The van der Waals surface area contributed by atoms with Gasteiger partial charge in [-0.3, -0.25) is 4.90 Å². The van der Waals surface area contributed by atoms with Crippen molar-refractivity contribution in [3.05, 3.63) is 29.8 Å². The first-order valence-electron chi connectivity index (χ1n) is 7.01. The van der Waals surface area contributed by atoms with E-state index in [1.165, 1.54) is 0 Å². The maximum absolute atomic E-state index is 10.4. The second-order valence-electron chi connectivity index (χ2n) is 5.69. The van der Waals surface area contributed by atoms with Gasteiger partial charge in [-0.15, -0.1) is 0 Å². The van der Waals surface area contributed by atoms with Crippen LogP contribution in [0.3, 0.4) is 0 Å². The maximum atomic E-state index is 10.4. The molecule has 3 atom stereocenters. The van der Waals surface area contributed by atoms with Crippen molar-refractivity contribution in [2.75, 3.05) is 39.8 Å². The molecule has 19 heavy (non-hydrogen) atoms. The molecule has 1 aromatic rings. The van der Waals surface area contributed by atoms with E-state index in [4.69, 9.17) is 4.74 Å². The van der Waals surface area contributed by atoms with Gasteiger partial charge in [0.25, 0.3) is 0 Å². The number of benzene rings is 1. The molecule has 0 aliphatic carbocycles. The van der Waals surface area contributed by atoms with Crippen molar-refractivity contribution in [2.45, 2.75) is 6.10 Å². The van der Waals surface area contributed by atoms with Gasteiger partial charge in [0.2, 0.25) is 0 Å². The zero-order valence-corrected chi connectivity index (χ0v) is 11.4. The third kappa shape index (κ3) is 2.76. The van der Waals surface area contributed by atoms with Crippen LogP contribution in [0.2, 0.25) is 0 Å². The summed E-state index contributed by atoms with van der Waals surface area (Å²) in [7, 11) is 1.65. The second kappa shape index (κ2) is 5.49. The van der Waals surface area contributed by atoms with Crippen LogP contribution in [0, 0.1) is 11.8 Å². The normalized spacial score (nSPS) is 28.3. The Labute approximate surface area is 114 Å². The summed E-state index contributed by atoms with van der Waals surface area (Å²) in [6.07, 6.45) is -0.429. The number of β-amino-alcohol motifs (C(OH)–C–C–N with tert-alkyl or cyclic N) is 1. The molecule has 0 bridgehead atoms. The lowest BCUT2D eigenvalue weighted by molar-refractivity contribution is 0.122. The first-order valence-corrected chi connectivity index (χ1v) is 7.01.